The lowest BCUT2D eigenvalue weighted by Gasteiger charge is -2.23. The first kappa shape index (κ1) is 60.4. The third-order valence-electron chi connectivity index (χ3n) is 14.1. The molecule has 0 saturated heterocycles. The number of benzene rings is 4. The number of pyridine rings is 6. The molecule has 16 nitrogen and oxygen atoms in total. The third-order valence-corrected chi connectivity index (χ3v) is 16.4. The van der Waals surface area contributed by atoms with Gasteiger partial charge in [-0.05, 0) is 133 Å². The Balaban J connectivity index is 0.000000187. The molecule has 12 rings (SSSR count). The summed E-state index contributed by atoms with van der Waals surface area (Å²) >= 11 is 3.41. The normalized spacial score (nSPS) is 10.7. The molecule has 18 heteroatoms. The molecule has 0 radical (unpaired) electrons. The van der Waals surface area contributed by atoms with Crippen molar-refractivity contribution in [3.05, 3.63) is 243 Å². The van der Waals surface area contributed by atoms with Gasteiger partial charge >= 0.3 is 0 Å². The molecule has 0 aliphatic carbocycles. The van der Waals surface area contributed by atoms with E-state index in [0.717, 1.165) is 61.6 Å². The van der Waals surface area contributed by atoms with Crippen molar-refractivity contribution in [3.8, 4) is 89.4 Å². The molecule has 90 heavy (non-hydrogen) atoms. The molecule has 444 valence electrons. The van der Waals surface area contributed by atoms with E-state index in [1.165, 1.54) is 42.1 Å². The maximum Gasteiger partial charge on any atom is 0.298 e. The van der Waals surface area contributed by atoms with Crippen LogP contribution in [0.3, 0.4) is 0 Å². The zero-order valence-electron chi connectivity index (χ0n) is 48.5. The first-order chi connectivity index (χ1) is 44.4. The van der Waals surface area contributed by atoms with Crippen LogP contribution in [0.15, 0.2) is 237 Å². The number of carbonyl (C=O) groups excluding carboxylic acids is 4. The van der Waals surface area contributed by atoms with Crippen LogP contribution < -0.4 is 28.7 Å². The van der Waals surface area contributed by atoms with Gasteiger partial charge in [0.15, 0.2) is 0 Å². The van der Waals surface area contributed by atoms with Gasteiger partial charge in [-0.3, -0.25) is 39.1 Å². The number of nitrogens with zero attached hydrogens (tertiary/aromatic N) is 8. The van der Waals surface area contributed by atoms with Crippen molar-refractivity contribution >= 4 is 81.3 Å². The number of thiophene rings is 2. The largest absolute Gasteiger partial charge is 0.429 e. The van der Waals surface area contributed by atoms with Crippen LogP contribution in [0.4, 0.5) is 32.8 Å². The van der Waals surface area contributed by atoms with Crippen molar-refractivity contribution < 1.29 is 38.1 Å². The molecule has 0 amide bonds. The number of carbonyl (C=O) groups is 4. The SMILES string of the molecule is CCCCCCc1cc(N(c2ccccc2)c2ccccc2)sc1-c1ccnc(-c2cc(OC=O)cc(-c3cc(OC=O)ccn3)n2)c1.O=COc1ccnc(-c2cc(OC=O)cc(-c3cc(-c4ccc(N(c5ccccc5)c5ccccc5)s4)ccn3)n2)c1. The molecule has 0 bridgehead atoms. The molecule has 12 aromatic rings. The van der Waals surface area contributed by atoms with E-state index in [1.54, 1.807) is 83.6 Å². The number of aryl methyl sites for hydroxylation is 1. The van der Waals surface area contributed by atoms with E-state index in [9.17, 15) is 19.2 Å². The molecule has 0 fully saturated rings. The summed E-state index contributed by atoms with van der Waals surface area (Å²) in [5.41, 5.74) is 11.5. The van der Waals surface area contributed by atoms with E-state index in [1.807, 2.05) is 72.8 Å². The fraction of sp³-hybridized carbons (Fsp3) is 0.0833. The second kappa shape index (κ2) is 29.8. The highest BCUT2D eigenvalue weighted by Crippen LogP contribution is 2.46. The van der Waals surface area contributed by atoms with Crippen LogP contribution in [0.5, 0.6) is 23.0 Å². The minimum Gasteiger partial charge on any atom is -0.429 e. The molecule has 8 aromatic heterocycles. The van der Waals surface area contributed by atoms with Crippen LogP contribution in [0, 0.1) is 0 Å². The molecule has 0 aliphatic rings. The van der Waals surface area contributed by atoms with Crippen LogP contribution in [-0.4, -0.2) is 55.8 Å². The highest BCUT2D eigenvalue weighted by molar-refractivity contribution is 7.20. The van der Waals surface area contributed by atoms with Gasteiger partial charge in [0.2, 0.25) is 0 Å². The fourth-order valence-corrected chi connectivity index (χ4v) is 12.3. The van der Waals surface area contributed by atoms with Gasteiger partial charge in [-0.2, -0.15) is 0 Å². The molecular formula is C72H56N8O8S2. The lowest BCUT2D eigenvalue weighted by molar-refractivity contribution is -0.121. The Bertz CT molecular complexity index is 4310. The Morgan fingerprint density at radius 2 is 0.756 bits per heavy atom. The molecule has 0 saturated carbocycles. The van der Waals surface area contributed by atoms with Crippen LogP contribution >= 0.6 is 22.7 Å². The van der Waals surface area contributed by atoms with Gasteiger partial charge in [0.25, 0.3) is 25.9 Å². The van der Waals surface area contributed by atoms with Gasteiger partial charge in [0.05, 0.1) is 45.6 Å². The molecule has 0 unspecified atom stereocenters. The maximum atomic E-state index is 11.3. The quantitative estimate of drug-likeness (QED) is 0.0388. The van der Waals surface area contributed by atoms with E-state index in [4.69, 9.17) is 28.9 Å². The molecule has 0 aliphatic heterocycles. The first-order valence-corrected chi connectivity index (χ1v) is 30.4. The van der Waals surface area contributed by atoms with Crippen molar-refractivity contribution in [1.82, 2.24) is 29.9 Å². The number of hydrogen-bond acceptors (Lipinski definition) is 18. The smallest absolute Gasteiger partial charge is 0.298 e. The monoisotopic (exact) mass is 1220 g/mol. The predicted molar refractivity (Wildman–Crippen MR) is 352 cm³/mol. The van der Waals surface area contributed by atoms with Gasteiger partial charge in [-0.1, -0.05) is 99.0 Å². The number of aromatic nitrogens is 6. The minimum atomic E-state index is 0.278. The molecule has 4 aromatic carbocycles. The van der Waals surface area contributed by atoms with E-state index < -0.39 is 0 Å². The van der Waals surface area contributed by atoms with Crippen LogP contribution in [0.1, 0.15) is 38.2 Å². The summed E-state index contributed by atoms with van der Waals surface area (Å²) in [5.74, 6) is 1.20. The fourth-order valence-electron chi connectivity index (χ4n) is 9.99. The van der Waals surface area contributed by atoms with Crippen molar-refractivity contribution in [2.45, 2.75) is 39.0 Å². The highest BCUT2D eigenvalue weighted by Gasteiger charge is 2.22. The molecule has 8 heterocycles. The van der Waals surface area contributed by atoms with Crippen LogP contribution in [-0.2, 0) is 25.6 Å². The Kier molecular flexibility index (Phi) is 20.0. The molecule has 0 N–H and O–H groups in total. The van der Waals surface area contributed by atoms with Crippen LogP contribution in [0.2, 0.25) is 0 Å². The zero-order valence-corrected chi connectivity index (χ0v) is 50.2. The van der Waals surface area contributed by atoms with Gasteiger partial charge in [-0.15, -0.1) is 22.7 Å². The Morgan fingerprint density at radius 3 is 1.20 bits per heavy atom. The number of unbranched alkanes of at least 4 members (excludes halogenated alkanes) is 3. The van der Waals surface area contributed by atoms with Gasteiger partial charge in [0.1, 0.15) is 33.0 Å². The van der Waals surface area contributed by atoms with E-state index in [0.29, 0.717) is 82.9 Å². The minimum absolute atomic E-state index is 0.278. The predicted octanol–water partition coefficient (Wildman–Crippen LogP) is 17.1. The summed E-state index contributed by atoms with van der Waals surface area (Å²) in [5, 5.41) is 2.18. The van der Waals surface area contributed by atoms with E-state index >= 15 is 0 Å². The topological polar surface area (TPSA) is 189 Å². The lowest BCUT2D eigenvalue weighted by atomic mass is 10.0. The number of rotatable bonds is 25. The van der Waals surface area contributed by atoms with Gasteiger partial charge < -0.3 is 28.7 Å². The van der Waals surface area contributed by atoms with Crippen molar-refractivity contribution in [2.24, 2.45) is 0 Å². The summed E-state index contributed by atoms with van der Waals surface area (Å²) in [6, 6.07) is 68.6. The summed E-state index contributed by atoms with van der Waals surface area (Å²) in [4.78, 5) is 78.5. The molecule has 0 atom stereocenters. The van der Waals surface area contributed by atoms with Gasteiger partial charge in [0, 0.05) is 93.7 Å². The number of ether oxygens (including phenoxy) is 4. The average Bonchev–Trinajstić information content (AvgIpc) is 1.94. The summed E-state index contributed by atoms with van der Waals surface area (Å²) in [6.45, 7) is 3.64. The summed E-state index contributed by atoms with van der Waals surface area (Å²) in [7, 11) is 0. The number of anilines is 6. The highest BCUT2D eigenvalue weighted by atomic mass is 32.1. The Hall–Kier alpha value is -11.3. The maximum absolute atomic E-state index is 11.3. The first-order valence-electron chi connectivity index (χ1n) is 28.7. The average molecular weight is 1230 g/mol. The third kappa shape index (κ3) is 14.9. The lowest BCUT2D eigenvalue weighted by Crippen LogP contribution is -2.07. The van der Waals surface area contributed by atoms with Gasteiger partial charge in [-0.25, -0.2) is 9.97 Å². The van der Waals surface area contributed by atoms with Crippen molar-refractivity contribution in [1.29, 1.82) is 0 Å². The van der Waals surface area contributed by atoms with E-state index in [2.05, 4.69) is 128 Å². The van der Waals surface area contributed by atoms with E-state index in [-0.39, 0.29) is 11.5 Å². The summed E-state index contributed by atoms with van der Waals surface area (Å²) in [6.07, 6.45) is 12.1. The zero-order chi connectivity index (χ0) is 61.9. The Labute approximate surface area is 527 Å². The van der Waals surface area contributed by atoms with Crippen molar-refractivity contribution in [2.75, 3.05) is 9.80 Å². The number of para-hydroxylation sites is 4. The Morgan fingerprint density at radius 1 is 0.367 bits per heavy atom. The van der Waals surface area contributed by atoms with Crippen LogP contribution in [0.25, 0.3) is 66.4 Å². The molecule has 0 spiro atoms. The number of hydrogen-bond donors (Lipinski definition) is 0. The standard InChI is InChI=1S/C39H34N4O4S.C33H22N4O4S/c1-2-3-4-7-12-28-22-38(43(30-13-8-5-9-14-30)31-15-10-6-11-16-31)48-39(28)29-17-19-40-34(21-29)36-24-33(47-27-45)25-37(42-36)35-23-32(46-26-44)18-20-41-35;38-21-40-26-14-16-35-29(18-26)31-20-27(41-22-39)19-30(36-31)28-17-23(13-15-34-28)32-11-12-33(42-32)37(24-7-3-1-4-8-24)25-9-5-2-6-10-25/h5-6,8-11,13-27H,2-4,7,12H2,1H3;1-22H. The second-order valence-electron chi connectivity index (χ2n) is 20.0. The van der Waals surface area contributed by atoms with Crippen molar-refractivity contribution in [3.63, 3.8) is 0 Å². The molecular weight excluding hydrogens is 1170 g/mol. The second-order valence-corrected chi connectivity index (χ2v) is 22.1. The summed E-state index contributed by atoms with van der Waals surface area (Å²) < 4.78 is 20.4.